The van der Waals surface area contributed by atoms with Crippen molar-refractivity contribution < 1.29 is 5.11 Å². The first-order valence-corrected chi connectivity index (χ1v) is 2.86. The molecule has 1 aliphatic heterocycles. The molecule has 2 N–H and O–H groups in total. The Morgan fingerprint density at radius 1 is 1.38 bits per heavy atom. The molecular formula is C5H11N2O. The first-order chi connectivity index (χ1) is 3.93. The normalized spacial score (nSPS) is 23.6. The van der Waals surface area contributed by atoms with E-state index in [9.17, 15) is 0 Å². The van der Waals surface area contributed by atoms with Crippen LogP contribution in [0, 0.1) is 6.73 Å². The van der Waals surface area contributed by atoms with E-state index in [2.05, 4.69) is 5.32 Å². The molecule has 0 spiro atoms. The van der Waals surface area contributed by atoms with Gasteiger partial charge in [-0.25, -0.2) is 0 Å². The standard InChI is InChI=1S/C5H11N2O/c8-5-7-3-1-6-2-4-7/h5-6,8H,1-4H2. The molecular weight excluding hydrogens is 104 g/mol. The number of hydrogen-bond donors (Lipinski definition) is 2. The van der Waals surface area contributed by atoms with Crippen LogP contribution in [-0.2, 0) is 0 Å². The van der Waals surface area contributed by atoms with Crippen LogP contribution in [0.5, 0.6) is 0 Å². The van der Waals surface area contributed by atoms with Crippen molar-refractivity contribution in [2.75, 3.05) is 26.2 Å². The molecule has 3 nitrogen and oxygen atoms in total. The summed E-state index contributed by atoms with van der Waals surface area (Å²) in [7, 11) is 0. The lowest BCUT2D eigenvalue weighted by Gasteiger charge is -2.23. The van der Waals surface area contributed by atoms with Crippen LogP contribution in [0.3, 0.4) is 0 Å². The van der Waals surface area contributed by atoms with Crippen molar-refractivity contribution in [1.29, 1.82) is 0 Å². The first kappa shape index (κ1) is 6.01. The van der Waals surface area contributed by atoms with Crippen LogP contribution < -0.4 is 5.32 Å². The smallest absolute Gasteiger partial charge is 0.147 e. The van der Waals surface area contributed by atoms with Crippen LogP contribution in [-0.4, -0.2) is 36.2 Å². The van der Waals surface area contributed by atoms with E-state index >= 15 is 0 Å². The maximum Gasteiger partial charge on any atom is 0.147 e. The molecule has 1 fully saturated rings. The molecule has 1 aliphatic rings. The van der Waals surface area contributed by atoms with E-state index in [-0.39, 0.29) is 0 Å². The van der Waals surface area contributed by atoms with Crippen molar-refractivity contribution in [2.45, 2.75) is 0 Å². The summed E-state index contributed by atoms with van der Waals surface area (Å²) in [5.41, 5.74) is 0. The summed E-state index contributed by atoms with van der Waals surface area (Å²) in [6.07, 6.45) is 0. The van der Waals surface area contributed by atoms with Crippen LogP contribution in [0.15, 0.2) is 0 Å². The van der Waals surface area contributed by atoms with Crippen LogP contribution in [0.1, 0.15) is 0 Å². The van der Waals surface area contributed by atoms with Crippen molar-refractivity contribution in [3.63, 3.8) is 0 Å². The van der Waals surface area contributed by atoms with Gasteiger partial charge in [0.05, 0.1) is 0 Å². The number of aliphatic hydroxyl groups is 1. The lowest BCUT2D eigenvalue weighted by molar-refractivity contribution is 0.170. The summed E-state index contributed by atoms with van der Waals surface area (Å²) < 4.78 is 0. The van der Waals surface area contributed by atoms with Gasteiger partial charge in [0.1, 0.15) is 6.73 Å². The predicted molar refractivity (Wildman–Crippen MR) is 30.7 cm³/mol. The van der Waals surface area contributed by atoms with Crippen LogP contribution >= 0.6 is 0 Å². The van der Waals surface area contributed by atoms with E-state index in [4.69, 9.17) is 5.11 Å². The van der Waals surface area contributed by atoms with Crippen molar-refractivity contribution in [1.82, 2.24) is 10.2 Å². The SMILES string of the molecule is O[CH]N1CCNCC1. The molecule has 1 saturated heterocycles. The quantitative estimate of drug-likeness (QED) is 0.478. The summed E-state index contributed by atoms with van der Waals surface area (Å²) >= 11 is 0. The molecule has 0 atom stereocenters. The Labute approximate surface area is 49.3 Å². The predicted octanol–water partition coefficient (Wildman–Crippen LogP) is -0.617. The highest BCUT2D eigenvalue weighted by Crippen LogP contribution is 1.90. The fourth-order valence-electron chi connectivity index (χ4n) is 0.798. The molecule has 1 radical (unpaired) electrons. The molecule has 1 rings (SSSR count). The number of nitrogens with zero attached hydrogens (tertiary/aromatic N) is 1. The Bertz CT molecular complexity index is 61.4. The largest absolute Gasteiger partial charge is 0.374 e. The minimum atomic E-state index is 0.927. The Morgan fingerprint density at radius 2 is 2.00 bits per heavy atom. The van der Waals surface area contributed by atoms with Gasteiger partial charge in [-0.3, -0.25) is 4.90 Å². The third-order valence-electron chi connectivity index (χ3n) is 1.31. The monoisotopic (exact) mass is 115 g/mol. The summed E-state index contributed by atoms with van der Waals surface area (Å²) in [6.45, 7) is 4.97. The number of piperazine rings is 1. The van der Waals surface area contributed by atoms with Crippen molar-refractivity contribution in [3.8, 4) is 0 Å². The van der Waals surface area contributed by atoms with Gasteiger partial charge in [0.25, 0.3) is 0 Å². The molecule has 0 amide bonds. The van der Waals surface area contributed by atoms with Gasteiger partial charge in [-0.1, -0.05) is 0 Å². The third kappa shape index (κ3) is 1.43. The average Bonchev–Trinajstić information content (AvgIpc) is 1.90. The van der Waals surface area contributed by atoms with Gasteiger partial charge in [-0.05, 0) is 0 Å². The highest BCUT2D eigenvalue weighted by Gasteiger charge is 2.06. The molecule has 0 bridgehead atoms. The maximum absolute atomic E-state index is 8.46. The Balaban J connectivity index is 2.13. The lowest BCUT2D eigenvalue weighted by Crippen LogP contribution is -2.41. The van der Waals surface area contributed by atoms with Gasteiger partial charge in [-0.15, -0.1) is 0 Å². The molecule has 0 unspecified atom stereocenters. The zero-order valence-electron chi connectivity index (χ0n) is 4.80. The Kier molecular flexibility index (Phi) is 2.27. The molecule has 0 aromatic carbocycles. The highest BCUT2D eigenvalue weighted by molar-refractivity contribution is 4.67. The number of hydrogen-bond acceptors (Lipinski definition) is 3. The zero-order valence-corrected chi connectivity index (χ0v) is 4.80. The second kappa shape index (κ2) is 3.02. The molecule has 0 aliphatic carbocycles. The molecule has 3 heteroatoms. The minimum absolute atomic E-state index is 0.927. The Morgan fingerprint density at radius 3 is 2.38 bits per heavy atom. The van der Waals surface area contributed by atoms with Crippen LogP contribution in [0.25, 0.3) is 0 Å². The highest BCUT2D eigenvalue weighted by atomic mass is 16.3. The van der Waals surface area contributed by atoms with Gasteiger partial charge in [0, 0.05) is 26.2 Å². The summed E-state index contributed by atoms with van der Waals surface area (Å²) in [5, 5.41) is 11.6. The first-order valence-electron chi connectivity index (χ1n) is 2.86. The fraction of sp³-hybridized carbons (Fsp3) is 0.800. The third-order valence-corrected chi connectivity index (χ3v) is 1.31. The van der Waals surface area contributed by atoms with Crippen molar-refractivity contribution in [3.05, 3.63) is 6.73 Å². The van der Waals surface area contributed by atoms with Gasteiger partial charge < -0.3 is 10.4 Å². The fourth-order valence-corrected chi connectivity index (χ4v) is 0.798. The van der Waals surface area contributed by atoms with Gasteiger partial charge in [0.2, 0.25) is 0 Å². The van der Waals surface area contributed by atoms with E-state index in [1.807, 2.05) is 4.90 Å². The van der Waals surface area contributed by atoms with Gasteiger partial charge in [-0.2, -0.15) is 0 Å². The second-order valence-corrected chi connectivity index (χ2v) is 1.90. The Hall–Kier alpha value is -0.120. The molecule has 1 heterocycles. The van der Waals surface area contributed by atoms with Crippen molar-refractivity contribution >= 4 is 0 Å². The van der Waals surface area contributed by atoms with Gasteiger partial charge >= 0.3 is 0 Å². The van der Waals surface area contributed by atoms with Crippen molar-refractivity contribution in [2.24, 2.45) is 0 Å². The van der Waals surface area contributed by atoms with Crippen LogP contribution in [0.2, 0.25) is 0 Å². The summed E-state index contributed by atoms with van der Waals surface area (Å²) in [4.78, 5) is 1.89. The minimum Gasteiger partial charge on any atom is -0.374 e. The molecule has 0 saturated carbocycles. The van der Waals surface area contributed by atoms with Crippen LogP contribution in [0.4, 0.5) is 0 Å². The van der Waals surface area contributed by atoms with E-state index < -0.39 is 0 Å². The zero-order chi connectivity index (χ0) is 5.82. The summed E-state index contributed by atoms with van der Waals surface area (Å²) in [6, 6.07) is 0. The van der Waals surface area contributed by atoms with E-state index in [1.165, 1.54) is 0 Å². The lowest BCUT2D eigenvalue weighted by atomic mass is 10.4. The van der Waals surface area contributed by atoms with E-state index in [0.29, 0.717) is 0 Å². The molecule has 8 heavy (non-hydrogen) atoms. The van der Waals surface area contributed by atoms with E-state index in [0.717, 1.165) is 32.9 Å². The second-order valence-electron chi connectivity index (χ2n) is 1.90. The number of nitrogens with one attached hydrogen (secondary N) is 1. The molecule has 0 aromatic rings. The average molecular weight is 115 g/mol. The maximum atomic E-state index is 8.46. The topological polar surface area (TPSA) is 35.5 Å². The summed E-state index contributed by atoms with van der Waals surface area (Å²) in [5.74, 6) is 0. The number of aliphatic hydroxyl groups excluding tert-OH is 1. The molecule has 0 aromatic heterocycles. The number of rotatable bonds is 1. The van der Waals surface area contributed by atoms with Gasteiger partial charge in [0.15, 0.2) is 0 Å². The molecule has 47 valence electrons. The van der Waals surface area contributed by atoms with E-state index in [1.54, 1.807) is 0 Å².